The molecule has 0 aromatic heterocycles. The van der Waals surface area contributed by atoms with Gasteiger partial charge < -0.3 is 5.73 Å². The van der Waals surface area contributed by atoms with Crippen molar-refractivity contribution in [1.82, 2.24) is 0 Å². The van der Waals surface area contributed by atoms with Crippen LogP contribution in [0.15, 0.2) is 0 Å². The van der Waals surface area contributed by atoms with Gasteiger partial charge in [-0.25, -0.2) is 8.42 Å². The monoisotopic (exact) mass is 217 g/mol. The Labute approximate surface area is 86.0 Å². The summed E-state index contributed by atoms with van der Waals surface area (Å²) in [7, 11) is -2.75. The van der Waals surface area contributed by atoms with Crippen LogP contribution in [0.2, 0.25) is 0 Å². The largest absolute Gasteiger partial charge is 0.327 e. The lowest BCUT2D eigenvalue weighted by atomic mass is 9.90. The zero-order chi connectivity index (χ0) is 10.2. The minimum atomic E-state index is -2.75. The molecular formula is C10H19NO2S. The van der Waals surface area contributed by atoms with E-state index >= 15 is 0 Å². The van der Waals surface area contributed by atoms with Crippen LogP contribution in [-0.2, 0) is 9.84 Å². The van der Waals surface area contributed by atoms with Gasteiger partial charge in [0, 0.05) is 6.04 Å². The number of sulfone groups is 1. The quantitative estimate of drug-likeness (QED) is 0.749. The van der Waals surface area contributed by atoms with Gasteiger partial charge in [0.15, 0.2) is 0 Å². The Balaban J connectivity index is 1.94. The summed E-state index contributed by atoms with van der Waals surface area (Å²) in [6.07, 6.45) is 5.12. The van der Waals surface area contributed by atoms with Gasteiger partial charge in [-0.15, -0.1) is 0 Å². The molecule has 1 heterocycles. The fourth-order valence-electron chi connectivity index (χ4n) is 2.39. The number of nitrogens with two attached hydrogens (primary N) is 1. The minimum absolute atomic E-state index is 0.267. The molecule has 0 bridgehead atoms. The second kappa shape index (κ2) is 3.81. The predicted molar refractivity (Wildman–Crippen MR) is 56.7 cm³/mol. The van der Waals surface area contributed by atoms with Gasteiger partial charge >= 0.3 is 0 Å². The molecule has 0 spiro atoms. The second-order valence-corrected chi connectivity index (χ2v) is 7.06. The Bertz CT molecular complexity index is 295. The second-order valence-electron chi connectivity index (χ2n) is 4.76. The van der Waals surface area contributed by atoms with E-state index in [4.69, 9.17) is 5.73 Å². The van der Waals surface area contributed by atoms with E-state index in [9.17, 15) is 8.42 Å². The first kappa shape index (κ1) is 10.4. The summed E-state index contributed by atoms with van der Waals surface area (Å²) in [4.78, 5) is 0. The van der Waals surface area contributed by atoms with E-state index in [0.717, 1.165) is 19.3 Å². The van der Waals surface area contributed by atoms with Crippen molar-refractivity contribution in [3.63, 3.8) is 0 Å². The zero-order valence-corrected chi connectivity index (χ0v) is 9.30. The zero-order valence-electron chi connectivity index (χ0n) is 8.48. The fourth-order valence-corrected chi connectivity index (χ4v) is 3.87. The van der Waals surface area contributed by atoms with E-state index in [-0.39, 0.29) is 6.04 Å². The van der Waals surface area contributed by atoms with Gasteiger partial charge in [-0.2, -0.15) is 0 Å². The first-order chi connectivity index (χ1) is 6.58. The van der Waals surface area contributed by atoms with Gasteiger partial charge in [-0.3, -0.25) is 0 Å². The van der Waals surface area contributed by atoms with E-state index in [1.807, 2.05) is 0 Å². The predicted octanol–water partition coefficient (Wildman–Crippen LogP) is 0.939. The number of hydrogen-bond acceptors (Lipinski definition) is 3. The van der Waals surface area contributed by atoms with Crippen molar-refractivity contribution in [2.45, 2.75) is 38.1 Å². The van der Waals surface area contributed by atoms with Gasteiger partial charge in [-0.1, -0.05) is 0 Å². The topological polar surface area (TPSA) is 60.2 Å². The van der Waals surface area contributed by atoms with Crippen molar-refractivity contribution in [2.24, 2.45) is 17.6 Å². The highest BCUT2D eigenvalue weighted by molar-refractivity contribution is 7.91. The standard InChI is InChI=1S/C10H19NO2S/c11-10(9-3-4-9)8-2-1-6-14(12,13)7-5-8/h8-10H,1-7,11H2. The number of hydrogen-bond donors (Lipinski definition) is 1. The van der Waals surface area contributed by atoms with Crippen LogP contribution in [0.4, 0.5) is 0 Å². The van der Waals surface area contributed by atoms with Gasteiger partial charge in [0.1, 0.15) is 9.84 Å². The Hall–Kier alpha value is -0.0900. The average Bonchev–Trinajstić information content (AvgIpc) is 2.90. The normalized spacial score (nSPS) is 34.8. The fraction of sp³-hybridized carbons (Fsp3) is 1.00. The molecule has 82 valence electrons. The van der Waals surface area contributed by atoms with Crippen molar-refractivity contribution in [1.29, 1.82) is 0 Å². The van der Waals surface area contributed by atoms with Crippen LogP contribution in [0.5, 0.6) is 0 Å². The molecule has 2 aliphatic rings. The molecular weight excluding hydrogens is 198 g/mol. The Morgan fingerprint density at radius 3 is 2.29 bits per heavy atom. The third kappa shape index (κ3) is 2.48. The molecule has 0 radical (unpaired) electrons. The van der Waals surface area contributed by atoms with E-state index in [1.54, 1.807) is 0 Å². The molecule has 14 heavy (non-hydrogen) atoms. The molecule has 0 amide bonds. The van der Waals surface area contributed by atoms with Crippen LogP contribution < -0.4 is 5.73 Å². The SMILES string of the molecule is NC(C1CC1)C1CCCS(=O)(=O)CC1. The van der Waals surface area contributed by atoms with Crippen LogP contribution in [0.25, 0.3) is 0 Å². The Kier molecular flexibility index (Phi) is 2.84. The average molecular weight is 217 g/mol. The molecule has 2 fully saturated rings. The van der Waals surface area contributed by atoms with Gasteiger partial charge in [0.05, 0.1) is 11.5 Å². The van der Waals surface area contributed by atoms with Gasteiger partial charge in [0.25, 0.3) is 0 Å². The highest BCUT2D eigenvalue weighted by Crippen LogP contribution is 2.37. The lowest BCUT2D eigenvalue weighted by Gasteiger charge is -2.21. The van der Waals surface area contributed by atoms with Crippen LogP contribution in [0.3, 0.4) is 0 Å². The summed E-state index contributed by atoms with van der Waals surface area (Å²) in [5, 5.41) is 0. The molecule has 0 aromatic carbocycles. The van der Waals surface area contributed by atoms with Crippen LogP contribution in [0.1, 0.15) is 32.1 Å². The molecule has 1 aliphatic carbocycles. The smallest absolute Gasteiger partial charge is 0.150 e. The maximum Gasteiger partial charge on any atom is 0.150 e. The van der Waals surface area contributed by atoms with Gasteiger partial charge in [-0.05, 0) is 43.9 Å². The van der Waals surface area contributed by atoms with Crippen molar-refractivity contribution in [2.75, 3.05) is 11.5 Å². The molecule has 0 aromatic rings. The minimum Gasteiger partial charge on any atom is -0.327 e. The van der Waals surface area contributed by atoms with Gasteiger partial charge in [0.2, 0.25) is 0 Å². The Morgan fingerprint density at radius 1 is 1.00 bits per heavy atom. The first-order valence-electron chi connectivity index (χ1n) is 5.54. The van der Waals surface area contributed by atoms with Crippen LogP contribution >= 0.6 is 0 Å². The molecule has 4 heteroatoms. The van der Waals surface area contributed by atoms with Crippen LogP contribution in [-0.4, -0.2) is 26.0 Å². The third-order valence-corrected chi connectivity index (χ3v) is 5.31. The van der Waals surface area contributed by atoms with E-state index in [0.29, 0.717) is 23.3 Å². The summed E-state index contributed by atoms with van der Waals surface area (Å²) in [6.45, 7) is 0. The first-order valence-corrected chi connectivity index (χ1v) is 7.37. The molecule has 2 atom stereocenters. The van der Waals surface area contributed by atoms with Crippen molar-refractivity contribution < 1.29 is 8.42 Å². The molecule has 2 unspecified atom stereocenters. The highest BCUT2D eigenvalue weighted by atomic mass is 32.2. The van der Waals surface area contributed by atoms with Crippen molar-refractivity contribution in [3.8, 4) is 0 Å². The summed E-state index contributed by atoms with van der Waals surface area (Å²) >= 11 is 0. The van der Waals surface area contributed by atoms with E-state index in [2.05, 4.69) is 0 Å². The van der Waals surface area contributed by atoms with Crippen molar-refractivity contribution in [3.05, 3.63) is 0 Å². The lowest BCUT2D eigenvalue weighted by molar-refractivity contribution is 0.356. The molecule has 1 saturated heterocycles. The van der Waals surface area contributed by atoms with Crippen LogP contribution in [0, 0.1) is 11.8 Å². The summed E-state index contributed by atoms with van der Waals surface area (Å²) in [5.41, 5.74) is 6.12. The molecule has 2 rings (SSSR count). The molecule has 1 saturated carbocycles. The summed E-state index contributed by atoms with van der Waals surface area (Å²) < 4.78 is 22.8. The summed E-state index contributed by atoms with van der Waals surface area (Å²) in [5.74, 6) is 1.89. The van der Waals surface area contributed by atoms with E-state index in [1.165, 1.54) is 12.8 Å². The third-order valence-electron chi connectivity index (χ3n) is 3.54. The highest BCUT2D eigenvalue weighted by Gasteiger charge is 2.35. The molecule has 1 aliphatic heterocycles. The van der Waals surface area contributed by atoms with Crippen molar-refractivity contribution >= 4 is 9.84 Å². The van der Waals surface area contributed by atoms with E-state index < -0.39 is 9.84 Å². The maximum atomic E-state index is 11.4. The molecule has 3 nitrogen and oxygen atoms in total. The Morgan fingerprint density at radius 2 is 1.64 bits per heavy atom. The maximum absolute atomic E-state index is 11.4. The summed E-state index contributed by atoms with van der Waals surface area (Å²) in [6, 6.07) is 0.267. The number of rotatable bonds is 2. The molecule has 2 N–H and O–H groups in total. The lowest BCUT2D eigenvalue weighted by Crippen LogP contribution is -2.32.